The maximum absolute atomic E-state index is 13.7. The van der Waals surface area contributed by atoms with Gasteiger partial charge in [0.05, 0.1) is 16.4 Å². The number of hydrogen-bond acceptors (Lipinski definition) is 3. The highest BCUT2D eigenvalue weighted by molar-refractivity contribution is 9.10. The molecule has 1 aliphatic heterocycles. The molecule has 0 bridgehead atoms. The van der Waals surface area contributed by atoms with E-state index in [2.05, 4.69) is 21.2 Å². The number of sulfonamides is 1. The molecule has 1 heterocycles. The fourth-order valence-electron chi connectivity index (χ4n) is 2.41. The third kappa shape index (κ3) is 4.37. The maximum Gasteiger partial charge on any atom is 0.211 e. The summed E-state index contributed by atoms with van der Waals surface area (Å²) in [5.41, 5.74) is 0.0900. The van der Waals surface area contributed by atoms with E-state index >= 15 is 0 Å². The second-order valence-electron chi connectivity index (χ2n) is 5.26. The molecular formula is C13H17BrF2N2O2S. The Morgan fingerprint density at radius 1 is 1.38 bits per heavy atom. The number of anilines is 1. The number of halogens is 3. The number of piperidine rings is 1. The van der Waals surface area contributed by atoms with Gasteiger partial charge in [0.25, 0.3) is 0 Å². The van der Waals surface area contributed by atoms with Crippen LogP contribution in [0.25, 0.3) is 0 Å². The van der Waals surface area contributed by atoms with E-state index in [0.717, 1.165) is 25.0 Å². The highest BCUT2D eigenvalue weighted by atomic mass is 79.9. The van der Waals surface area contributed by atoms with Crippen molar-refractivity contribution in [2.24, 2.45) is 5.92 Å². The minimum Gasteiger partial charge on any atom is -0.382 e. The van der Waals surface area contributed by atoms with Gasteiger partial charge < -0.3 is 5.32 Å². The van der Waals surface area contributed by atoms with Gasteiger partial charge in [0, 0.05) is 25.7 Å². The molecule has 1 saturated heterocycles. The lowest BCUT2D eigenvalue weighted by atomic mass is 9.99. The molecule has 21 heavy (non-hydrogen) atoms. The smallest absolute Gasteiger partial charge is 0.211 e. The van der Waals surface area contributed by atoms with Crippen LogP contribution in [0.4, 0.5) is 14.5 Å². The second kappa shape index (κ2) is 6.58. The third-order valence-corrected chi connectivity index (χ3v) is 5.42. The van der Waals surface area contributed by atoms with E-state index in [-0.39, 0.29) is 16.1 Å². The zero-order chi connectivity index (χ0) is 15.6. The molecular weight excluding hydrogens is 366 g/mol. The van der Waals surface area contributed by atoms with Crippen molar-refractivity contribution in [3.8, 4) is 0 Å². The summed E-state index contributed by atoms with van der Waals surface area (Å²) >= 11 is 2.92. The molecule has 1 fully saturated rings. The molecule has 8 heteroatoms. The van der Waals surface area contributed by atoms with Gasteiger partial charge in [0.1, 0.15) is 11.6 Å². The first-order valence-electron chi connectivity index (χ1n) is 6.61. The van der Waals surface area contributed by atoms with Gasteiger partial charge in [0.15, 0.2) is 0 Å². The van der Waals surface area contributed by atoms with Crippen LogP contribution in [-0.2, 0) is 10.0 Å². The average molecular weight is 383 g/mol. The first kappa shape index (κ1) is 16.6. The fourth-order valence-corrected chi connectivity index (χ4v) is 3.66. The van der Waals surface area contributed by atoms with Gasteiger partial charge in [-0.2, -0.15) is 0 Å². The molecule has 0 spiro atoms. The highest BCUT2D eigenvalue weighted by Crippen LogP contribution is 2.25. The van der Waals surface area contributed by atoms with E-state index in [4.69, 9.17) is 0 Å². The summed E-state index contributed by atoms with van der Waals surface area (Å²) in [6.45, 7) is 1.34. The van der Waals surface area contributed by atoms with Gasteiger partial charge in [-0.15, -0.1) is 0 Å². The Hall–Kier alpha value is -0.730. The first-order valence-corrected chi connectivity index (χ1v) is 9.25. The molecule has 1 atom stereocenters. The van der Waals surface area contributed by atoms with E-state index in [1.807, 2.05) is 0 Å². The van der Waals surface area contributed by atoms with Crippen molar-refractivity contribution in [3.63, 3.8) is 0 Å². The molecule has 1 aliphatic rings. The van der Waals surface area contributed by atoms with Crippen molar-refractivity contribution in [2.45, 2.75) is 12.8 Å². The zero-order valence-corrected chi connectivity index (χ0v) is 14.0. The van der Waals surface area contributed by atoms with Crippen LogP contribution in [0, 0.1) is 17.6 Å². The molecule has 4 nitrogen and oxygen atoms in total. The van der Waals surface area contributed by atoms with Crippen LogP contribution in [0.3, 0.4) is 0 Å². The molecule has 0 amide bonds. The number of nitrogens with zero attached hydrogens (tertiary/aromatic N) is 1. The molecule has 0 saturated carbocycles. The van der Waals surface area contributed by atoms with Gasteiger partial charge in [0.2, 0.25) is 10.0 Å². The molecule has 0 aliphatic carbocycles. The van der Waals surface area contributed by atoms with E-state index in [0.29, 0.717) is 19.6 Å². The number of benzene rings is 1. The average Bonchev–Trinajstić information content (AvgIpc) is 2.41. The van der Waals surface area contributed by atoms with Gasteiger partial charge >= 0.3 is 0 Å². The molecule has 1 aromatic rings. The van der Waals surface area contributed by atoms with E-state index in [9.17, 15) is 17.2 Å². The molecule has 0 radical (unpaired) electrons. The van der Waals surface area contributed by atoms with Gasteiger partial charge in [-0.05, 0) is 40.8 Å². The Labute approximate surface area is 131 Å². The van der Waals surface area contributed by atoms with Crippen LogP contribution in [0.2, 0.25) is 0 Å². The molecule has 1 unspecified atom stereocenters. The van der Waals surface area contributed by atoms with Crippen molar-refractivity contribution in [2.75, 3.05) is 31.2 Å². The van der Waals surface area contributed by atoms with E-state index in [1.54, 1.807) is 0 Å². The highest BCUT2D eigenvalue weighted by Gasteiger charge is 2.25. The summed E-state index contributed by atoms with van der Waals surface area (Å²) in [7, 11) is -3.20. The minimum atomic E-state index is -3.20. The zero-order valence-electron chi connectivity index (χ0n) is 11.6. The molecule has 0 aromatic heterocycles. The van der Waals surface area contributed by atoms with Crippen molar-refractivity contribution in [3.05, 3.63) is 28.2 Å². The number of rotatable bonds is 4. The number of nitrogens with one attached hydrogen (secondary N) is 1. The SMILES string of the molecule is CS(=O)(=O)N1CCCC(CNc2cc(F)c(Br)cc2F)C1. The standard InChI is InChI=1S/C13H17BrF2N2O2S/c1-21(19,20)18-4-2-3-9(8-18)7-17-13-6-11(15)10(14)5-12(13)16/h5-6,9,17H,2-4,7-8H2,1H3. The Kier molecular flexibility index (Phi) is 5.21. The fraction of sp³-hybridized carbons (Fsp3) is 0.538. The minimum absolute atomic E-state index is 0.0754. The summed E-state index contributed by atoms with van der Waals surface area (Å²) in [5, 5.41) is 2.87. The Bertz CT molecular complexity index is 625. The van der Waals surface area contributed by atoms with E-state index < -0.39 is 21.7 Å². The maximum atomic E-state index is 13.7. The van der Waals surface area contributed by atoms with Gasteiger partial charge in [-0.3, -0.25) is 0 Å². The van der Waals surface area contributed by atoms with Crippen molar-refractivity contribution in [1.29, 1.82) is 0 Å². The van der Waals surface area contributed by atoms with Crippen LogP contribution in [-0.4, -0.2) is 38.6 Å². The second-order valence-corrected chi connectivity index (χ2v) is 8.09. The lowest BCUT2D eigenvalue weighted by molar-refractivity contribution is 0.276. The lowest BCUT2D eigenvalue weighted by Crippen LogP contribution is -2.41. The quantitative estimate of drug-likeness (QED) is 0.814. The van der Waals surface area contributed by atoms with Crippen LogP contribution >= 0.6 is 15.9 Å². The molecule has 1 N–H and O–H groups in total. The Morgan fingerprint density at radius 2 is 2.10 bits per heavy atom. The van der Waals surface area contributed by atoms with Gasteiger partial charge in [-0.1, -0.05) is 0 Å². The summed E-state index contributed by atoms with van der Waals surface area (Å²) in [6.07, 6.45) is 2.82. The van der Waals surface area contributed by atoms with Crippen LogP contribution < -0.4 is 5.32 Å². The monoisotopic (exact) mass is 382 g/mol. The van der Waals surface area contributed by atoms with Crippen LogP contribution in [0.1, 0.15) is 12.8 Å². The Morgan fingerprint density at radius 3 is 2.76 bits per heavy atom. The molecule has 118 valence electrons. The van der Waals surface area contributed by atoms with Crippen molar-refractivity contribution in [1.82, 2.24) is 4.31 Å². The largest absolute Gasteiger partial charge is 0.382 e. The van der Waals surface area contributed by atoms with Gasteiger partial charge in [-0.25, -0.2) is 21.5 Å². The van der Waals surface area contributed by atoms with Crippen LogP contribution in [0.5, 0.6) is 0 Å². The molecule has 2 rings (SSSR count). The summed E-state index contributed by atoms with van der Waals surface area (Å²) in [6, 6.07) is 2.16. The Balaban J connectivity index is 1.98. The van der Waals surface area contributed by atoms with Crippen molar-refractivity contribution < 1.29 is 17.2 Å². The predicted octanol–water partition coefficient (Wildman–Crippen LogP) is 2.81. The summed E-state index contributed by atoms with van der Waals surface area (Å²) < 4.78 is 51.7. The number of hydrogen-bond donors (Lipinski definition) is 1. The lowest BCUT2D eigenvalue weighted by Gasteiger charge is -2.31. The third-order valence-electron chi connectivity index (χ3n) is 3.54. The van der Waals surface area contributed by atoms with E-state index in [1.165, 1.54) is 10.6 Å². The topological polar surface area (TPSA) is 49.4 Å². The summed E-state index contributed by atoms with van der Waals surface area (Å²) in [5.74, 6) is -1.00. The van der Waals surface area contributed by atoms with Crippen LogP contribution in [0.15, 0.2) is 16.6 Å². The summed E-state index contributed by atoms with van der Waals surface area (Å²) in [4.78, 5) is 0. The molecule has 1 aromatic carbocycles. The first-order chi connectivity index (χ1) is 9.77. The van der Waals surface area contributed by atoms with Crippen molar-refractivity contribution >= 4 is 31.6 Å². The predicted molar refractivity (Wildman–Crippen MR) is 81.7 cm³/mol. The normalized spacial score (nSPS) is 20.5.